The first-order valence-electron chi connectivity index (χ1n) is 6.88. The Bertz CT molecular complexity index is 1070. The molecule has 23 heavy (non-hydrogen) atoms. The van der Waals surface area contributed by atoms with Crippen molar-refractivity contribution in [3.05, 3.63) is 91.3 Å². The number of pyridine rings is 1. The third-order valence-electron chi connectivity index (χ3n) is 3.19. The average Bonchev–Trinajstić information content (AvgIpc) is 2.55. The minimum Gasteiger partial charge on any atom is -0.506 e. The largest absolute Gasteiger partial charge is 0.506 e. The Morgan fingerprint density at radius 3 is 2.17 bits per heavy atom. The molecule has 1 aromatic carbocycles. The van der Waals surface area contributed by atoms with Crippen LogP contribution >= 0.6 is 0 Å². The van der Waals surface area contributed by atoms with Crippen LogP contribution in [0.4, 0.5) is 0 Å². The number of aromatic nitrogens is 3. The molecule has 6 heteroatoms. The third-order valence-corrected chi connectivity index (χ3v) is 3.19. The van der Waals surface area contributed by atoms with E-state index in [0.717, 1.165) is 5.56 Å². The summed E-state index contributed by atoms with van der Waals surface area (Å²) in [5, 5.41) is 9.86. The fourth-order valence-corrected chi connectivity index (χ4v) is 2.07. The van der Waals surface area contributed by atoms with Gasteiger partial charge in [-0.05, 0) is 29.8 Å². The molecule has 0 spiro atoms. The van der Waals surface area contributed by atoms with E-state index in [1.54, 1.807) is 12.1 Å². The van der Waals surface area contributed by atoms with Crippen LogP contribution in [0.2, 0.25) is 0 Å². The van der Waals surface area contributed by atoms with Crippen molar-refractivity contribution in [2.75, 3.05) is 0 Å². The van der Waals surface area contributed by atoms with E-state index in [-0.39, 0.29) is 22.1 Å². The van der Waals surface area contributed by atoms with Gasteiger partial charge in [-0.25, -0.2) is 0 Å². The van der Waals surface area contributed by atoms with Crippen LogP contribution in [0.3, 0.4) is 0 Å². The van der Waals surface area contributed by atoms with Crippen LogP contribution in [0.1, 0.15) is 11.3 Å². The normalized spacial score (nSPS) is 12.5. The average molecular weight is 307 g/mol. The van der Waals surface area contributed by atoms with E-state index in [0.29, 0.717) is 0 Å². The molecule has 0 aliphatic rings. The van der Waals surface area contributed by atoms with Crippen molar-refractivity contribution in [2.45, 2.75) is 0 Å². The predicted octanol–water partition coefficient (Wildman–Crippen LogP) is -0.179. The highest BCUT2D eigenvalue weighted by atomic mass is 16.3. The minimum atomic E-state index is -0.475. The minimum absolute atomic E-state index is 0.0224. The second kappa shape index (κ2) is 6.15. The van der Waals surface area contributed by atoms with Crippen molar-refractivity contribution < 1.29 is 5.11 Å². The first kappa shape index (κ1) is 14.5. The molecule has 0 aliphatic heterocycles. The maximum atomic E-state index is 12.1. The lowest BCUT2D eigenvalue weighted by Crippen LogP contribution is -2.46. The first-order valence-corrected chi connectivity index (χ1v) is 6.88. The fourth-order valence-electron chi connectivity index (χ4n) is 2.07. The molecule has 3 rings (SSSR count). The van der Waals surface area contributed by atoms with Gasteiger partial charge in [-0.15, -0.1) is 0 Å². The van der Waals surface area contributed by atoms with E-state index in [4.69, 9.17) is 0 Å². The predicted molar refractivity (Wildman–Crippen MR) is 86.4 cm³/mol. The summed E-state index contributed by atoms with van der Waals surface area (Å²) in [5.74, 6) is -0.0762. The number of aromatic hydroxyl groups is 1. The molecule has 0 saturated carbocycles. The molecule has 0 saturated heterocycles. The lowest BCUT2D eigenvalue weighted by atomic mass is 10.2. The van der Waals surface area contributed by atoms with Gasteiger partial charge in [0, 0.05) is 6.20 Å². The van der Waals surface area contributed by atoms with Gasteiger partial charge < -0.3 is 15.1 Å². The Hall–Kier alpha value is -3.41. The molecule has 0 aliphatic carbocycles. The molecule has 0 bridgehead atoms. The summed E-state index contributed by atoms with van der Waals surface area (Å²) in [7, 11) is 0. The van der Waals surface area contributed by atoms with Crippen molar-refractivity contribution in [2.24, 2.45) is 0 Å². The van der Waals surface area contributed by atoms with E-state index < -0.39 is 11.1 Å². The molecular weight excluding hydrogens is 294 g/mol. The Labute approximate surface area is 130 Å². The molecule has 114 valence electrons. The number of nitrogens with one attached hydrogen (secondary N) is 2. The lowest BCUT2D eigenvalue weighted by molar-refractivity contribution is 0.471. The topological polar surface area (TPSA) is 98.8 Å². The molecule has 0 fully saturated rings. The van der Waals surface area contributed by atoms with Gasteiger partial charge in [0.2, 0.25) is 0 Å². The number of aromatic amines is 2. The summed E-state index contributed by atoms with van der Waals surface area (Å²) in [6, 6.07) is 12.2. The SMILES string of the molecule is O=c1[nH]/c(=C\c2ncccc2O)c(=O)[nH]/c1=C\c1ccccc1. The Morgan fingerprint density at radius 2 is 1.52 bits per heavy atom. The summed E-state index contributed by atoms with van der Waals surface area (Å²) in [6.45, 7) is 0. The molecule has 3 N–H and O–H groups in total. The first-order chi connectivity index (χ1) is 11.1. The molecule has 0 amide bonds. The summed E-state index contributed by atoms with van der Waals surface area (Å²) >= 11 is 0. The van der Waals surface area contributed by atoms with Crippen LogP contribution < -0.4 is 21.8 Å². The second-order valence-electron chi connectivity index (χ2n) is 4.84. The zero-order valence-corrected chi connectivity index (χ0v) is 12.0. The van der Waals surface area contributed by atoms with Crippen LogP contribution in [-0.2, 0) is 0 Å². The summed E-state index contributed by atoms with van der Waals surface area (Å²) in [5.41, 5.74) is 0.0909. The highest BCUT2D eigenvalue weighted by molar-refractivity contribution is 5.51. The van der Waals surface area contributed by atoms with Gasteiger partial charge in [-0.2, -0.15) is 0 Å². The van der Waals surface area contributed by atoms with Gasteiger partial charge in [-0.1, -0.05) is 30.3 Å². The number of hydrogen-bond acceptors (Lipinski definition) is 4. The van der Waals surface area contributed by atoms with Gasteiger partial charge in [0.15, 0.2) is 0 Å². The Kier molecular flexibility index (Phi) is 3.88. The standard InChI is InChI=1S/C17H13N3O3/c21-15-7-4-8-18-12(15)10-14-17(23)19-13(16(22)20-14)9-11-5-2-1-3-6-11/h1-10,21H,(H,19,23)(H,20,22)/b13-9-,14-10-. The van der Waals surface area contributed by atoms with Gasteiger partial charge in [0.25, 0.3) is 11.1 Å². The van der Waals surface area contributed by atoms with E-state index in [1.165, 1.54) is 18.3 Å². The number of nitrogens with zero attached hydrogens (tertiary/aromatic N) is 1. The highest BCUT2D eigenvalue weighted by Crippen LogP contribution is 2.11. The van der Waals surface area contributed by atoms with Crippen molar-refractivity contribution in [3.63, 3.8) is 0 Å². The fraction of sp³-hybridized carbons (Fsp3) is 0. The summed E-state index contributed by atoms with van der Waals surface area (Å²) in [4.78, 5) is 33.2. The van der Waals surface area contributed by atoms with E-state index in [1.807, 2.05) is 30.3 Å². The maximum Gasteiger partial charge on any atom is 0.272 e. The third kappa shape index (κ3) is 3.26. The van der Waals surface area contributed by atoms with Crippen molar-refractivity contribution in [1.29, 1.82) is 0 Å². The quantitative estimate of drug-likeness (QED) is 0.611. The van der Waals surface area contributed by atoms with E-state index >= 15 is 0 Å². The monoisotopic (exact) mass is 307 g/mol. The number of hydrogen-bond donors (Lipinski definition) is 3. The second-order valence-corrected chi connectivity index (χ2v) is 4.84. The van der Waals surface area contributed by atoms with Gasteiger partial charge in [0.05, 0.1) is 0 Å². The summed E-state index contributed by atoms with van der Waals surface area (Å²) in [6.07, 6.45) is 4.39. The van der Waals surface area contributed by atoms with Crippen molar-refractivity contribution >= 4 is 12.2 Å². The highest BCUT2D eigenvalue weighted by Gasteiger charge is 2.00. The number of rotatable bonds is 2. The molecule has 2 aromatic heterocycles. The zero-order chi connectivity index (χ0) is 16.2. The number of benzene rings is 1. The molecule has 3 aromatic rings. The molecule has 6 nitrogen and oxygen atoms in total. The van der Waals surface area contributed by atoms with Crippen molar-refractivity contribution in [3.8, 4) is 5.75 Å². The van der Waals surface area contributed by atoms with Crippen LogP contribution in [0, 0.1) is 0 Å². The number of H-pyrrole nitrogens is 2. The Morgan fingerprint density at radius 1 is 0.870 bits per heavy atom. The van der Waals surface area contributed by atoms with Gasteiger partial charge in [-0.3, -0.25) is 14.6 Å². The molecule has 0 radical (unpaired) electrons. The lowest BCUT2D eigenvalue weighted by Gasteiger charge is -1.96. The Balaban J connectivity index is 2.16. The van der Waals surface area contributed by atoms with E-state index in [9.17, 15) is 14.7 Å². The zero-order valence-electron chi connectivity index (χ0n) is 12.0. The molecule has 0 unspecified atom stereocenters. The van der Waals surface area contributed by atoms with Crippen LogP contribution in [0.5, 0.6) is 5.75 Å². The van der Waals surface area contributed by atoms with E-state index in [2.05, 4.69) is 15.0 Å². The summed E-state index contributed by atoms with van der Waals surface area (Å²) < 4.78 is 0. The van der Waals surface area contributed by atoms with Gasteiger partial charge in [0.1, 0.15) is 22.1 Å². The van der Waals surface area contributed by atoms with Gasteiger partial charge >= 0.3 is 0 Å². The smallest absolute Gasteiger partial charge is 0.272 e. The maximum absolute atomic E-state index is 12.1. The molecule has 2 heterocycles. The van der Waals surface area contributed by atoms with Crippen LogP contribution in [-0.4, -0.2) is 20.1 Å². The van der Waals surface area contributed by atoms with Crippen LogP contribution in [0.25, 0.3) is 12.2 Å². The molecule has 0 atom stereocenters. The van der Waals surface area contributed by atoms with Crippen LogP contribution in [0.15, 0.2) is 58.3 Å². The molecular formula is C17H13N3O3. The van der Waals surface area contributed by atoms with Crippen molar-refractivity contribution in [1.82, 2.24) is 15.0 Å².